The highest BCUT2D eigenvalue weighted by Crippen LogP contribution is 2.28. The van der Waals surface area contributed by atoms with Crippen LogP contribution in [-0.4, -0.2) is 20.5 Å². The minimum absolute atomic E-state index is 0.0275. The minimum Gasteiger partial charge on any atom is -0.382 e. The van der Waals surface area contributed by atoms with Gasteiger partial charge in [0.25, 0.3) is 0 Å². The first-order valence-electron chi connectivity index (χ1n) is 6.84. The van der Waals surface area contributed by atoms with Crippen molar-refractivity contribution in [2.75, 3.05) is 5.32 Å². The first-order valence-corrected chi connectivity index (χ1v) is 8.32. The molecule has 1 aliphatic heterocycles. The quantitative estimate of drug-likeness (QED) is 0.872. The van der Waals surface area contributed by atoms with E-state index in [2.05, 4.69) is 17.0 Å². The van der Waals surface area contributed by atoms with Crippen molar-refractivity contribution in [3.63, 3.8) is 0 Å². The van der Waals surface area contributed by atoms with Crippen molar-refractivity contribution in [2.45, 2.75) is 57.0 Å². The van der Waals surface area contributed by atoms with E-state index >= 15 is 0 Å². The lowest BCUT2D eigenvalue weighted by molar-refractivity contribution is 0.544. The van der Waals surface area contributed by atoms with E-state index in [-0.39, 0.29) is 6.04 Å². The monoisotopic (exact) mass is 282 g/mol. The van der Waals surface area contributed by atoms with Gasteiger partial charge < -0.3 is 5.32 Å². The highest BCUT2D eigenvalue weighted by Gasteiger charge is 2.22. The van der Waals surface area contributed by atoms with Gasteiger partial charge in [-0.1, -0.05) is 13.3 Å². The highest BCUT2D eigenvalue weighted by molar-refractivity contribution is 7.89. The van der Waals surface area contributed by atoms with Crippen molar-refractivity contribution in [2.24, 2.45) is 0 Å². The highest BCUT2D eigenvalue weighted by atomic mass is 32.2. The molecule has 2 N–H and O–H groups in total. The van der Waals surface area contributed by atoms with E-state index in [0.717, 1.165) is 30.5 Å². The fraction of sp³-hybridized carbons (Fsp3) is 0.571. The molecule has 106 valence electrons. The zero-order valence-corrected chi connectivity index (χ0v) is 12.5. The van der Waals surface area contributed by atoms with Crippen LogP contribution in [-0.2, 0) is 16.4 Å². The zero-order chi connectivity index (χ0) is 14.0. The van der Waals surface area contributed by atoms with Gasteiger partial charge >= 0.3 is 0 Å². The minimum atomic E-state index is -3.40. The summed E-state index contributed by atoms with van der Waals surface area (Å²) in [5.41, 5.74) is 2.13. The van der Waals surface area contributed by atoms with Crippen LogP contribution in [0.4, 0.5) is 5.69 Å². The summed E-state index contributed by atoms with van der Waals surface area (Å²) in [5.74, 6) is 0. The lowest BCUT2D eigenvalue weighted by atomic mass is 10.1. The Bertz CT molecular complexity index is 555. The van der Waals surface area contributed by atoms with Crippen LogP contribution >= 0.6 is 0 Å². The van der Waals surface area contributed by atoms with Crippen molar-refractivity contribution in [3.05, 3.63) is 23.8 Å². The topological polar surface area (TPSA) is 58.2 Å². The second-order valence-corrected chi connectivity index (χ2v) is 7.09. The van der Waals surface area contributed by atoms with E-state index in [0.29, 0.717) is 10.9 Å². The molecule has 1 aromatic carbocycles. The number of benzene rings is 1. The van der Waals surface area contributed by atoms with Crippen molar-refractivity contribution < 1.29 is 8.42 Å². The molecule has 2 rings (SSSR count). The molecule has 0 bridgehead atoms. The first kappa shape index (κ1) is 14.3. The molecule has 0 spiro atoms. The van der Waals surface area contributed by atoms with Gasteiger partial charge in [-0.25, -0.2) is 13.1 Å². The maximum atomic E-state index is 12.3. The molecule has 2 unspecified atom stereocenters. The summed E-state index contributed by atoms with van der Waals surface area (Å²) in [7, 11) is -3.40. The largest absolute Gasteiger partial charge is 0.382 e. The van der Waals surface area contributed by atoms with Crippen LogP contribution in [0.5, 0.6) is 0 Å². The lowest BCUT2D eigenvalue weighted by Gasteiger charge is -2.13. The zero-order valence-electron chi connectivity index (χ0n) is 11.7. The molecule has 1 aliphatic rings. The summed E-state index contributed by atoms with van der Waals surface area (Å²) >= 11 is 0. The fourth-order valence-corrected chi connectivity index (χ4v) is 3.85. The molecule has 1 aromatic rings. The van der Waals surface area contributed by atoms with Crippen LogP contribution in [0.25, 0.3) is 0 Å². The third-order valence-electron chi connectivity index (χ3n) is 3.39. The molecule has 0 aliphatic carbocycles. The van der Waals surface area contributed by atoms with Gasteiger partial charge in [0.1, 0.15) is 0 Å². The Morgan fingerprint density at radius 2 is 2.21 bits per heavy atom. The molecule has 2 atom stereocenters. The lowest BCUT2D eigenvalue weighted by Crippen LogP contribution is -2.32. The van der Waals surface area contributed by atoms with Crippen molar-refractivity contribution in [1.82, 2.24) is 4.72 Å². The van der Waals surface area contributed by atoms with Crippen molar-refractivity contribution >= 4 is 15.7 Å². The van der Waals surface area contributed by atoms with Gasteiger partial charge in [0, 0.05) is 17.8 Å². The Kier molecular flexibility index (Phi) is 4.16. The van der Waals surface area contributed by atoms with E-state index in [1.165, 1.54) is 0 Å². The van der Waals surface area contributed by atoms with Crippen LogP contribution in [0.2, 0.25) is 0 Å². The molecule has 1 heterocycles. The summed E-state index contributed by atoms with van der Waals surface area (Å²) < 4.78 is 27.3. The smallest absolute Gasteiger partial charge is 0.240 e. The third-order valence-corrected chi connectivity index (χ3v) is 4.98. The van der Waals surface area contributed by atoms with E-state index in [1.54, 1.807) is 12.1 Å². The maximum Gasteiger partial charge on any atom is 0.240 e. The summed E-state index contributed by atoms with van der Waals surface area (Å²) in [6.45, 7) is 6.04. The van der Waals surface area contributed by atoms with Gasteiger partial charge in [0.15, 0.2) is 0 Å². The Morgan fingerprint density at radius 1 is 1.47 bits per heavy atom. The SMILES string of the molecule is CCCC(C)NS(=O)(=O)c1ccc2c(c1)CC(C)N2. The molecule has 4 nitrogen and oxygen atoms in total. The number of nitrogens with one attached hydrogen (secondary N) is 2. The Morgan fingerprint density at radius 3 is 2.89 bits per heavy atom. The van der Waals surface area contributed by atoms with Gasteiger partial charge in [-0.15, -0.1) is 0 Å². The third kappa shape index (κ3) is 3.28. The van der Waals surface area contributed by atoms with E-state index in [1.807, 2.05) is 19.9 Å². The van der Waals surface area contributed by atoms with E-state index in [9.17, 15) is 8.42 Å². The Labute approximate surface area is 115 Å². The number of anilines is 1. The summed E-state index contributed by atoms with van der Waals surface area (Å²) in [4.78, 5) is 0.366. The molecule has 5 heteroatoms. The summed E-state index contributed by atoms with van der Waals surface area (Å²) in [6, 6.07) is 5.66. The average Bonchev–Trinajstić information content (AvgIpc) is 2.67. The van der Waals surface area contributed by atoms with Gasteiger partial charge in [-0.05, 0) is 50.5 Å². The molecular weight excluding hydrogens is 260 g/mol. The van der Waals surface area contributed by atoms with Gasteiger partial charge in [0.05, 0.1) is 4.90 Å². The molecule has 19 heavy (non-hydrogen) atoms. The van der Waals surface area contributed by atoms with Crippen molar-refractivity contribution in [3.8, 4) is 0 Å². The number of hydrogen-bond acceptors (Lipinski definition) is 3. The van der Waals surface area contributed by atoms with Crippen LogP contribution in [0.3, 0.4) is 0 Å². The molecule has 0 saturated heterocycles. The van der Waals surface area contributed by atoms with Crippen LogP contribution in [0, 0.1) is 0 Å². The molecule has 0 saturated carbocycles. The molecule has 0 aromatic heterocycles. The second kappa shape index (κ2) is 5.51. The van der Waals surface area contributed by atoms with Crippen molar-refractivity contribution in [1.29, 1.82) is 0 Å². The summed E-state index contributed by atoms with van der Waals surface area (Å²) in [6.07, 6.45) is 2.70. The molecule has 0 radical (unpaired) electrons. The van der Waals surface area contributed by atoms with E-state index < -0.39 is 10.0 Å². The van der Waals surface area contributed by atoms with E-state index in [4.69, 9.17) is 0 Å². The van der Waals surface area contributed by atoms with Gasteiger partial charge in [-0.2, -0.15) is 0 Å². The normalized spacial score (nSPS) is 19.8. The van der Waals surface area contributed by atoms with Crippen LogP contribution in [0.15, 0.2) is 23.1 Å². The van der Waals surface area contributed by atoms with Gasteiger partial charge in [-0.3, -0.25) is 0 Å². The Balaban J connectivity index is 2.20. The van der Waals surface area contributed by atoms with Crippen LogP contribution < -0.4 is 10.0 Å². The van der Waals surface area contributed by atoms with Crippen LogP contribution in [0.1, 0.15) is 39.2 Å². The predicted molar refractivity (Wildman–Crippen MR) is 77.9 cm³/mol. The number of hydrogen-bond donors (Lipinski definition) is 2. The molecule has 0 fully saturated rings. The fourth-order valence-electron chi connectivity index (χ4n) is 2.52. The van der Waals surface area contributed by atoms with Gasteiger partial charge in [0.2, 0.25) is 10.0 Å². The maximum absolute atomic E-state index is 12.3. The second-order valence-electron chi connectivity index (χ2n) is 5.38. The molecular formula is C14H22N2O2S. The first-order chi connectivity index (χ1) is 8.92. The average molecular weight is 282 g/mol. The summed E-state index contributed by atoms with van der Waals surface area (Å²) in [5, 5.41) is 3.32. The standard InChI is InChI=1S/C14H22N2O2S/c1-4-5-10(2)16-19(17,18)13-6-7-14-12(9-13)8-11(3)15-14/h6-7,9-11,15-16H,4-5,8H2,1-3H3. The Hall–Kier alpha value is -1.07. The number of rotatable bonds is 5. The predicted octanol–water partition coefficient (Wildman–Crippen LogP) is 2.51. The number of fused-ring (bicyclic) bond motifs is 1. The molecule has 0 amide bonds. The number of sulfonamides is 1.